The Morgan fingerprint density at radius 1 is 0.500 bits per heavy atom. The summed E-state index contributed by atoms with van der Waals surface area (Å²) in [7, 11) is 0. The van der Waals surface area contributed by atoms with Gasteiger partial charge in [0.15, 0.2) is 0 Å². The molecule has 2 amide bonds. The molecule has 0 aliphatic carbocycles. The van der Waals surface area contributed by atoms with Gasteiger partial charge in [-0.2, -0.15) is 0 Å². The standard InChI is InChI=1S/C30H41N5O10.Gd/c36-24-5-1-22(2-6-24)9-11-31-26(38)17-34(20-29(42)43)15-13-33(19-28(40)41)14-16-35(21-30(44)45)18-27(39)32-12-10-23-3-7-25(37)8-4-23;/h1-8,36-37H,9-21H2,(H,31,38)(H,32,39)(H,40,41)(H,42,43)(H,44,45);. The van der Waals surface area contributed by atoms with Gasteiger partial charge < -0.3 is 36.2 Å². The van der Waals surface area contributed by atoms with Crippen molar-refractivity contribution >= 4 is 29.7 Å². The van der Waals surface area contributed by atoms with Crippen LogP contribution in [0.1, 0.15) is 11.1 Å². The Kier molecular flexibility index (Phi) is 19.6. The first-order valence-electron chi connectivity index (χ1n) is 14.3. The Bertz CT molecular complexity index is 1170. The maximum absolute atomic E-state index is 12.5. The summed E-state index contributed by atoms with van der Waals surface area (Å²) < 4.78 is 0. The van der Waals surface area contributed by atoms with Crippen molar-refractivity contribution in [1.82, 2.24) is 25.3 Å². The Morgan fingerprint density at radius 2 is 0.804 bits per heavy atom. The number of nitrogens with zero attached hydrogens (tertiary/aromatic N) is 3. The van der Waals surface area contributed by atoms with Gasteiger partial charge in [-0.1, -0.05) is 24.3 Å². The zero-order valence-corrected chi connectivity index (χ0v) is 27.6. The van der Waals surface area contributed by atoms with Crippen molar-refractivity contribution in [3.8, 4) is 11.5 Å². The van der Waals surface area contributed by atoms with Gasteiger partial charge >= 0.3 is 17.9 Å². The van der Waals surface area contributed by atoms with E-state index < -0.39 is 49.4 Å². The summed E-state index contributed by atoms with van der Waals surface area (Å²) in [4.78, 5) is 63.5. The van der Waals surface area contributed by atoms with Crippen molar-refractivity contribution in [2.24, 2.45) is 0 Å². The third-order valence-corrected chi connectivity index (χ3v) is 6.62. The van der Waals surface area contributed by atoms with Crippen LogP contribution in [0.25, 0.3) is 0 Å². The molecular weight excluding hydrogens is 748 g/mol. The number of benzene rings is 2. The number of carboxylic acid groups (broad SMARTS) is 3. The van der Waals surface area contributed by atoms with E-state index in [2.05, 4.69) is 10.6 Å². The first-order chi connectivity index (χ1) is 21.4. The molecule has 0 aliphatic rings. The zero-order chi connectivity index (χ0) is 33.2. The second-order valence-electron chi connectivity index (χ2n) is 10.4. The smallest absolute Gasteiger partial charge is 0.317 e. The maximum atomic E-state index is 12.5. The van der Waals surface area contributed by atoms with Crippen LogP contribution in [0.15, 0.2) is 48.5 Å². The molecule has 0 spiro atoms. The fourth-order valence-electron chi connectivity index (χ4n) is 4.37. The van der Waals surface area contributed by atoms with Crippen LogP contribution in [0.4, 0.5) is 0 Å². The van der Waals surface area contributed by atoms with Crippen LogP contribution >= 0.6 is 0 Å². The SMILES string of the molecule is O=C(O)CN(CCN(CC(=O)O)CC(=O)NCCc1ccc(O)cc1)CCN(CC(=O)O)CC(=O)NCCc1ccc(O)cc1.[Gd]. The van der Waals surface area contributed by atoms with Crippen LogP contribution in [0.3, 0.4) is 0 Å². The van der Waals surface area contributed by atoms with E-state index in [1.807, 2.05) is 0 Å². The molecule has 0 aromatic heterocycles. The van der Waals surface area contributed by atoms with E-state index in [-0.39, 0.29) is 90.7 Å². The number of aromatic hydroxyl groups is 2. The van der Waals surface area contributed by atoms with E-state index in [1.165, 1.54) is 39.0 Å². The molecule has 0 aliphatic heterocycles. The maximum Gasteiger partial charge on any atom is 0.317 e. The molecule has 0 bridgehead atoms. The quantitative estimate of drug-likeness (QED) is 0.0785. The van der Waals surface area contributed by atoms with Gasteiger partial charge in [0, 0.05) is 79.2 Å². The minimum atomic E-state index is -1.17. The largest absolute Gasteiger partial charge is 0.508 e. The molecule has 0 unspecified atom stereocenters. The predicted octanol–water partition coefficient (Wildman–Crippen LogP) is -0.725. The van der Waals surface area contributed by atoms with Crippen LogP contribution in [0, 0.1) is 39.9 Å². The van der Waals surface area contributed by atoms with Crippen LogP contribution in [0.5, 0.6) is 11.5 Å². The van der Waals surface area contributed by atoms with Crippen molar-refractivity contribution in [1.29, 1.82) is 0 Å². The molecule has 0 saturated carbocycles. The van der Waals surface area contributed by atoms with Gasteiger partial charge in [-0.15, -0.1) is 0 Å². The van der Waals surface area contributed by atoms with Crippen molar-refractivity contribution in [3.05, 3.63) is 59.7 Å². The molecule has 15 nitrogen and oxygen atoms in total. The molecule has 46 heavy (non-hydrogen) atoms. The van der Waals surface area contributed by atoms with Crippen molar-refractivity contribution < 1.29 is 89.4 Å². The number of aliphatic carboxylic acids is 3. The molecule has 0 atom stereocenters. The normalized spacial score (nSPS) is 10.8. The van der Waals surface area contributed by atoms with Crippen LogP contribution in [-0.4, -0.2) is 142 Å². The van der Waals surface area contributed by atoms with Gasteiger partial charge in [-0.05, 0) is 48.2 Å². The number of phenolic OH excluding ortho intramolecular Hbond substituents is 2. The number of nitrogens with one attached hydrogen (secondary N) is 2. The Morgan fingerprint density at radius 3 is 1.13 bits per heavy atom. The van der Waals surface area contributed by atoms with E-state index in [0.717, 1.165) is 11.1 Å². The summed E-state index contributed by atoms with van der Waals surface area (Å²) in [5.41, 5.74) is 1.78. The summed E-state index contributed by atoms with van der Waals surface area (Å²) in [6.45, 7) is -0.998. The molecule has 0 saturated heterocycles. The number of carbonyl (C=O) groups excluding carboxylic acids is 2. The third kappa shape index (κ3) is 18.5. The van der Waals surface area contributed by atoms with E-state index >= 15 is 0 Å². The fourth-order valence-corrected chi connectivity index (χ4v) is 4.37. The number of phenols is 2. The number of rotatable bonds is 22. The summed E-state index contributed by atoms with van der Waals surface area (Å²) in [6.07, 6.45) is 1.00. The molecule has 0 heterocycles. The molecule has 2 aromatic rings. The van der Waals surface area contributed by atoms with E-state index in [4.69, 9.17) is 0 Å². The molecule has 0 fully saturated rings. The summed E-state index contributed by atoms with van der Waals surface area (Å²) >= 11 is 0. The number of carboxylic acids is 3. The monoisotopic (exact) mass is 789 g/mol. The van der Waals surface area contributed by atoms with Gasteiger partial charge in [0.25, 0.3) is 0 Å². The summed E-state index contributed by atoms with van der Waals surface area (Å²) in [6, 6.07) is 13.0. The number of amides is 2. The van der Waals surface area contributed by atoms with Crippen molar-refractivity contribution in [2.75, 3.05) is 72.0 Å². The van der Waals surface area contributed by atoms with Gasteiger partial charge in [0.1, 0.15) is 11.5 Å². The average Bonchev–Trinajstić information content (AvgIpc) is 2.95. The summed E-state index contributed by atoms with van der Waals surface area (Å²) in [5, 5.41) is 52.2. The molecule has 7 N–H and O–H groups in total. The second kappa shape index (κ2) is 22.2. The fraction of sp³-hybridized carbons (Fsp3) is 0.433. The minimum Gasteiger partial charge on any atom is -0.508 e. The number of carbonyl (C=O) groups is 5. The van der Waals surface area contributed by atoms with Gasteiger partial charge in [-0.25, -0.2) is 0 Å². The van der Waals surface area contributed by atoms with Crippen molar-refractivity contribution in [2.45, 2.75) is 12.8 Å². The topological polar surface area (TPSA) is 220 Å². The molecule has 254 valence electrons. The van der Waals surface area contributed by atoms with E-state index in [1.54, 1.807) is 24.3 Å². The molecule has 2 rings (SSSR count). The molecule has 16 heteroatoms. The average molecular weight is 789 g/mol. The van der Waals surface area contributed by atoms with Crippen LogP contribution < -0.4 is 10.6 Å². The molecule has 2 aromatic carbocycles. The first-order valence-corrected chi connectivity index (χ1v) is 14.3. The first kappa shape index (κ1) is 40.6. The number of hydrogen-bond acceptors (Lipinski definition) is 10. The van der Waals surface area contributed by atoms with Crippen molar-refractivity contribution in [3.63, 3.8) is 0 Å². The minimum absolute atomic E-state index is 0. The van der Waals surface area contributed by atoms with Gasteiger partial charge in [0.2, 0.25) is 11.8 Å². The molecular formula is C30H41GdN5O10. The van der Waals surface area contributed by atoms with E-state index in [0.29, 0.717) is 25.9 Å². The Labute approximate surface area is 298 Å². The second-order valence-corrected chi connectivity index (χ2v) is 10.4. The Hall–Kier alpha value is -3.41. The summed E-state index contributed by atoms with van der Waals surface area (Å²) in [5.74, 6) is -4.05. The number of hydrogen-bond donors (Lipinski definition) is 7. The van der Waals surface area contributed by atoms with Gasteiger partial charge in [-0.3, -0.25) is 38.7 Å². The predicted molar refractivity (Wildman–Crippen MR) is 162 cm³/mol. The van der Waals surface area contributed by atoms with Crippen LogP contribution in [0.2, 0.25) is 0 Å². The Balaban J connectivity index is 0.0000106. The van der Waals surface area contributed by atoms with Crippen LogP contribution in [-0.2, 0) is 36.8 Å². The molecule has 0 radical (unpaired) electrons. The van der Waals surface area contributed by atoms with E-state index in [9.17, 15) is 49.5 Å². The van der Waals surface area contributed by atoms with Gasteiger partial charge in [0.05, 0.1) is 32.7 Å². The zero-order valence-electron chi connectivity index (χ0n) is 25.3. The third-order valence-electron chi connectivity index (χ3n) is 6.62.